The van der Waals surface area contributed by atoms with Gasteiger partial charge >= 0.3 is 0 Å². The zero-order chi connectivity index (χ0) is 15.2. The number of aromatic amines is 1. The van der Waals surface area contributed by atoms with Crippen LogP contribution in [-0.2, 0) is 6.42 Å². The zero-order valence-electron chi connectivity index (χ0n) is 12.7. The number of carbonyl (C=O) groups is 1. The first kappa shape index (κ1) is 14.8. The van der Waals surface area contributed by atoms with Crippen LogP contribution in [0.15, 0.2) is 30.6 Å². The normalized spacial score (nSPS) is 15.6. The Morgan fingerprint density at radius 2 is 2.14 bits per heavy atom. The Bertz CT molecular complexity index is 602. The van der Waals surface area contributed by atoms with Gasteiger partial charge in [-0.3, -0.25) is 14.9 Å². The first-order valence-electron chi connectivity index (χ1n) is 8.06. The summed E-state index contributed by atoms with van der Waals surface area (Å²) in [5, 5.41) is 10.1. The Balaban J connectivity index is 1.57. The molecule has 1 fully saturated rings. The van der Waals surface area contributed by atoms with Gasteiger partial charge in [0.2, 0.25) is 0 Å². The van der Waals surface area contributed by atoms with E-state index in [9.17, 15) is 4.79 Å². The molecule has 0 atom stereocenters. The molecule has 116 valence electrons. The molecule has 3 rings (SSSR count). The number of H-pyrrole nitrogens is 1. The number of amides is 1. The van der Waals surface area contributed by atoms with Crippen molar-refractivity contribution in [2.24, 2.45) is 0 Å². The van der Waals surface area contributed by atoms with Gasteiger partial charge in [-0.2, -0.15) is 5.10 Å². The lowest BCUT2D eigenvalue weighted by molar-refractivity contribution is 0.0952. The minimum absolute atomic E-state index is 0.0368. The van der Waals surface area contributed by atoms with E-state index < -0.39 is 0 Å². The molecule has 0 aliphatic heterocycles. The molecule has 0 saturated heterocycles. The third kappa shape index (κ3) is 3.53. The van der Waals surface area contributed by atoms with Crippen LogP contribution in [-0.4, -0.2) is 27.6 Å². The van der Waals surface area contributed by atoms with Crippen LogP contribution in [0.25, 0.3) is 0 Å². The SMILES string of the molecule is O=C(NCCc1ccccn1)c1cn[nH]c1C1CCCCC1. The summed E-state index contributed by atoms with van der Waals surface area (Å²) in [6.07, 6.45) is 10.2. The largest absolute Gasteiger partial charge is 0.352 e. The topological polar surface area (TPSA) is 70.7 Å². The second-order valence-electron chi connectivity index (χ2n) is 5.86. The Kier molecular flexibility index (Phi) is 4.83. The monoisotopic (exact) mass is 298 g/mol. The maximum absolute atomic E-state index is 12.4. The maximum Gasteiger partial charge on any atom is 0.254 e. The average molecular weight is 298 g/mol. The van der Waals surface area contributed by atoms with Gasteiger partial charge in [-0.1, -0.05) is 25.3 Å². The molecule has 0 radical (unpaired) electrons. The molecule has 0 bridgehead atoms. The van der Waals surface area contributed by atoms with Crippen molar-refractivity contribution in [2.75, 3.05) is 6.54 Å². The second kappa shape index (κ2) is 7.20. The highest BCUT2D eigenvalue weighted by atomic mass is 16.1. The Morgan fingerprint density at radius 3 is 2.91 bits per heavy atom. The number of pyridine rings is 1. The quantitative estimate of drug-likeness (QED) is 0.891. The minimum Gasteiger partial charge on any atom is -0.352 e. The van der Waals surface area contributed by atoms with Crippen LogP contribution in [0.1, 0.15) is 59.8 Å². The predicted molar refractivity (Wildman–Crippen MR) is 84.7 cm³/mol. The number of hydrogen-bond donors (Lipinski definition) is 2. The summed E-state index contributed by atoms with van der Waals surface area (Å²) in [6, 6.07) is 5.82. The number of nitrogens with zero attached hydrogens (tertiary/aromatic N) is 2. The summed E-state index contributed by atoms with van der Waals surface area (Å²) in [6.45, 7) is 0.588. The van der Waals surface area contributed by atoms with Crippen molar-refractivity contribution in [3.8, 4) is 0 Å². The molecule has 2 N–H and O–H groups in total. The summed E-state index contributed by atoms with van der Waals surface area (Å²) in [7, 11) is 0. The van der Waals surface area contributed by atoms with Crippen LogP contribution in [0.5, 0.6) is 0 Å². The lowest BCUT2D eigenvalue weighted by atomic mass is 9.85. The van der Waals surface area contributed by atoms with Crippen LogP contribution in [0.4, 0.5) is 0 Å². The molecule has 1 amide bonds. The minimum atomic E-state index is -0.0368. The summed E-state index contributed by atoms with van der Waals surface area (Å²) in [5.74, 6) is 0.415. The zero-order valence-corrected chi connectivity index (χ0v) is 12.7. The summed E-state index contributed by atoms with van der Waals surface area (Å²) >= 11 is 0. The van der Waals surface area contributed by atoms with Gasteiger partial charge in [0.1, 0.15) is 0 Å². The molecule has 5 nitrogen and oxygen atoms in total. The molecule has 1 aliphatic carbocycles. The van der Waals surface area contributed by atoms with Gasteiger partial charge in [0.05, 0.1) is 17.5 Å². The molecule has 22 heavy (non-hydrogen) atoms. The van der Waals surface area contributed by atoms with E-state index in [-0.39, 0.29) is 5.91 Å². The maximum atomic E-state index is 12.4. The molecular formula is C17H22N4O. The second-order valence-corrected chi connectivity index (χ2v) is 5.86. The lowest BCUT2D eigenvalue weighted by Crippen LogP contribution is -2.27. The van der Waals surface area contributed by atoms with Crippen molar-refractivity contribution in [3.63, 3.8) is 0 Å². The first-order chi connectivity index (χ1) is 10.8. The summed E-state index contributed by atoms with van der Waals surface area (Å²) < 4.78 is 0. The van der Waals surface area contributed by atoms with Crippen LogP contribution in [0.3, 0.4) is 0 Å². The van der Waals surface area contributed by atoms with E-state index in [0.29, 0.717) is 18.0 Å². The van der Waals surface area contributed by atoms with Gasteiger partial charge < -0.3 is 5.32 Å². The molecule has 0 unspecified atom stereocenters. The third-order valence-corrected chi connectivity index (χ3v) is 4.32. The summed E-state index contributed by atoms with van der Waals surface area (Å²) in [4.78, 5) is 16.6. The van der Waals surface area contributed by atoms with Gasteiger partial charge in [-0.15, -0.1) is 0 Å². The van der Waals surface area contributed by atoms with Crippen molar-refractivity contribution in [2.45, 2.75) is 44.4 Å². The highest BCUT2D eigenvalue weighted by Gasteiger charge is 2.23. The number of hydrogen-bond acceptors (Lipinski definition) is 3. The van der Waals surface area contributed by atoms with Gasteiger partial charge in [0.15, 0.2) is 0 Å². The van der Waals surface area contributed by atoms with E-state index in [2.05, 4.69) is 20.5 Å². The fourth-order valence-corrected chi connectivity index (χ4v) is 3.12. The number of aromatic nitrogens is 3. The molecule has 0 aromatic carbocycles. The van der Waals surface area contributed by atoms with Gasteiger partial charge in [-0.25, -0.2) is 0 Å². The molecule has 2 aromatic heterocycles. The van der Waals surface area contributed by atoms with Crippen molar-refractivity contribution in [1.29, 1.82) is 0 Å². The lowest BCUT2D eigenvalue weighted by Gasteiger charge is -2.21. The molecule has 2 aromatic rings. The fraction of sp³-hybridized carbons (Fsp3) is 0.471. The van der Waals surface area contributed by atoms with Crippen molar-refractivity contribution in [3.05, 3.63) is 47.5 Å². The van der Waals surface area contributed by atoms with Crippen molar-refractivity contribution < 1.29 is 4.79 Å². The third-order valence-electron chi connectivity index (χ3n) is 4.32. The van der Waals surface area contributed by atoms with Crippen molar-refractivity contribution in [1.82, 2.24) is 20.5 Å². The standard InChI is InChI=1S/C17H22N4O/c22-17(19-11-9-14-8-4-5-10-18-14)15-12-20-21-16(15)13-6-2-1-3-7-13/h4-5,8,10,12-13H,1-3,6-7,9,11H2,(H,19,22)(H,20,21). The fourth-order valence-electron chi connectivity index (χ4n) is 3.12. The van der Waals surface area contributed by atoms with Crippen LogP contribution in [0.2, 0.25) is 0 Å². The van der Waals surface area contributed by atoms with Gasteiger partial charge in [0, 0.05) is 30.8 Å². The first-order valence-corrected chi connectivity index (χ1v) is 8.06. The molecule has 1 aliphatic rings. The van der Waals surface area contributed by atoms with E-state index >= 15 is 0 Å². The van der Waals surface area contributed by atoms with E-state index in [1.807, 2.05) is 18.2 Å². The van der Waals surface area contributed by atoms with Gasteiger partial charge in [-0.05, 0) is 25.0 Å². The average Bonchev–Trinajstić information content (AvgIpc) is 3.06. The highest BCUT2D eigenvalue weighted by molar-refractivity contribution is 5.95. The Morgan fingerprint density at radius 1 is 1.27 bits per heavy atom. The molecule has 2 heterocycles. The van der Waals surface area contributed by atoms with Crippen molar-refractivity contribution >= 4 is 5.91 Å². The van der Waals surface area contributed by atoms with E-state index in [0.717, 1.165) is 30.7 Å². The van der Waals surface area contributed by atoms with E-state index in [1.165, 1.54) is 19.3 Å². The summed E-state index contributed by atoms with van der Waals surface area (Å²) in [5.41, 5.74) is 2.70. The molecule has 5 heteroatoms. The molecule has 0 spiro atoms. The molecular weight excluding hydrogens is 276 g/mol. The van der Waals surface area contributed by atoms with E-state index in [1.54, 1.807) is 12.4 Å². The number of nitrogens with one attached hydrogen (secondary N) is 2. The molecule has 1 saturated carbocycles. The number of rotatable bonds is 5. The van der Waals surface area contributed by atoms with Gasteiger partial charge in [0.25, 0.3) is 5.91 Å². The Labute approximate surface area is 130 Å². The Hall–Kier alpha value is -2.17. The predicted octanol–water partition coefficient (Wildman–Crippen LogP) is 2.82. The van der Waals surface area contributed by atoms with Crippen LogP contribution in [0, 0.1) is 0 Å². The number of carbonyl (C=O) groups excluding carboxylic acids is 1. The van der Waals surface area contributed by atoms with Crippen LogP contribution >= 0.6 is 0 Å². The van der Waals surface area contributed by atoms with E-state index in [4.69, 9.17) is 0 Å². The smallest absolute Gasteiger partial charge is 0.254 e. The van der Waals surface area contributed by atoms with Crippen LogP contribution < -0.4 is 5.32 Å². The highest BCUT2D eigenvalue weighted by Crippen LogP contribution is 2.33.